The molecule has 0 saturated heterocycles. The Morgan fingerprint density at radius 2 is 1.86 bits per heavy atom. The lowest BCUT2D eigenvalue weighted by Crippen LogP contribution is -2.06. The van der Waals surface area contributed by atoms with E-state index in [1.807, 2.05) is 11.8 Å². The van der Waals surface area contributed by atoms with E-state index in [4.69, 9.17) is 5.73 Å². The molecule has 1 saturated carbocycles. The maximum atomic E-state index is 6.09. The number of rotatable bonds is 2. The third kappa shape index (κ3) is 1.37. The first-order chi connectivity index (χ1) is 6.59. The lowest BCUT2D eigenvalue weighted by Gasteiger charge is -2.07. The summed E-state index contributed by atoms with van der Waals surface area (Å²) in [7, 11) is 0. The number of thioether (sulfide) groups is 1. The van der Waals surface area contributed by atoms with E-state index in [1.54, 1.807) is 0 Å². The Bertz CT molecular complexity index is 346. The second-order valence-corrected chi connectivity index (χ2v) is 5.41. The summed E-state index contributed by atoms with van der Waals surface area (Å²) in [5.74, 6) is 0.547. The van der Waals surface area contributed by atoms with Gasteiger partial charge in [-0.25, -0.2) is 0 Å². The molecule has 1 aliphatic carbocycles. The van der Waals surface area contributed by atoms with Gasteiger partial charge >= 0.3 is 0 Å². The molecule has 1 aromatic carbocycles. The summed E-state index contributed by atoms with van der Waals surface area (Å²) >= 11 is 1.81. The van der Waals surface area contributed by atoms with Crippen LogP contribution >= 0.6 is 11.8 Å². The minimum atomic E-state index is 0.284. The van der Waals surface area contributed by atoms with Crippen LogP contribution in [0.3, 0.4) is 0 Å². The van der Waals surface area contributed by atoms with Gasteiger partial charge in [-0.3, -0.25) is 0 Å². The zero-order chi connectivity index (χ0) is 10.3. The van der Waals surface area contributed by atoms with Crippen molar-refractivity contribution in [2.75, 3.05) is 6.26 Å². The lowest BCUT2D eigenvalue weighted by molar-refractivity contribution is 0.597. The molecule has 0 radical (unpaired) electrons. The maximum Gasteiger partial charge on any atom is 0.0172 e. The molecule has 14 heavy (non-hydrogen) atoms. The molecule has 2 atom stereocenters. The van der Waals surface area contributed by atoms with Gasteiger partial charge in [0.2, 0.25) is 0 Å². The highest BCUT2D eigenvalue weighted by molar-refractivity contribution is 7.98. The smallest absolute Gasteiger partial charge is 0.0172 e. The largest absolute Gasteiger partial charge is 0.327 e. The molecule has 0 bridgehead atoms. The van der Waals surface area contributed by atoms with Gasteiger partial charge in [0.05, 0.1) is 0 Å². The molecule has 0 aromatic heterocycles. The summed E-state index contributed by atoms with van der Waals surface area (Å²) in [6.07, 6.45) is 2.12. The minimum Gasteiger partial charge on any atom is -0.327 e. The van der Waals surface area contributed by atoms with E-state index in [0.717, 1.165) is 0 Å². The van der Waals surface area contributed by atoms with Crippen LogP contribution in [0.2, 0.25) is 0 Å². The van der Waals surface area contributed by atoms with Crippen LogP contribution in [-0.4, -0.2) is 12.3 Å². The molecule has 1 aliphatic rings. The average Bonchev–Trinajstić information content (AvgIpc) is 2.66. The van der Waals surface area contributed by atoms with Crippen LogP contribution in [0.25, 0.3) is 0 Å². The van der Waals surface area contributed by atoms with Crippen LogP contribution in [0, 0.1) is 5.41 Å². The average molecular weight is 207 g/mol. The molecule has 0 spiro atoms. The first kappa shape index (κ1) is 10.1. The summed E-state index contributed by atoms with van der Waals surface area (Å²) < 4.78 is 0. The molecule has 76 valence electrons. The molecule has 0 heterocycles. The zero-order valence-electron chi connectivity index (χ0n) is 8.95. The van der Waals surface area contributed by atoms with Crippen molar-refractivity contribution < 1.29 is 0 Å². The van der Waals surface area contributed by atoms with E-state index in [2.05, 4.69) is 44.4 Å². The Balaban J connectivity index is 2.34. The van der Waals surface area contributed by atoms with Crippen molar-refractivity contribution >= 4 is 11.8 Å². The van der Waals surface area contributed by atoms with E-state index in [9.17, 15) is 0 Å². The van der Waals surface area contributed by atoms with Gasteiger partial charge in [-0.05, 0) is 23.3 Å². The van der Waals surface area contributed by atoms with Crippen LogP contribution in [0.1, 0.15) is 25.3 Å². The van der Waals surface area contributed by atoms with Crippen molar-refractivity contribution in [1.82, 2.24) is 0 Å². The van der Waals surface area contributed by atoms with Gasteiger partial charge in [-0.1, -0.05) is 32.0 Å². The second kappa shape index (κ2) is 3.28. The lowest BCUT2D eigenvalue weighted by atomic mass is 10.0. The molecular weight excluding hydrogens is 190 g/mol. The summed E-state index contributed by atoms with van der Waals surface area (Å²) in [5.41, 5.74) is 7.80. The minimum absolute atomic E-state index is 0.284. The van der Waals surface area contributed by atoms with Gasteiger partial charge < -0.3 is 5.73 Å². The summed E-state index contributed by atoms with van der Waals surface area (Å²) in [6, 6.07) is 8.93. The molecule has 0 unspecified atom stereocenters. The van der Waals surface area contributed by atoms with Gasteiger partial charge in [-0.15, -0.1) is 11.8 Å². The van der Waals surface area contributed by atoms with Gasteiger partial charge in [0.25, 0.3) is 0 Å². The number of benzene rings is 1. The van der Waals surface area contributed by atoms with Gasteiger partial charge in [0.15, 0.2) is 0 Å². The van der Waals surface area contributed by atoms with Crippen molar-refractivity contribution in [1.29, 1.82) is 0 Å². The standard InChI is InChI=1S/C12H17NS/c1-12(2)10(11(12)13)8-6-4-5-7-9(8)14-3/h4-7,10-11H,13H2,1-3H3/t10-,11-/m1/s1. The first-order valence-electron chi connectivity index (χ1n) is 4.97. The molecule has 1 fully saturated rings. The van der Waals surface area contributed by atoms with Crippen LogP contribution in [0.4, 0.5) is 0 Å². The SMILES string of the molecule is CSc1ccccc1[C@@H]1[C@@H](N)C1(C)C. The quantitative estimate of drug-likeness (QED) is 0.755. The molecular formula is C12H17NS. The summed E-state index contributed by atoms with van der Waals surface area (Å²) in [5, 5.41) is 0. The van der Waals surface area contributed by atoms with Crippen LogP contribution < -0.4 is 5.73 Å². The van der Waals surface area contributed by atoms with Crippen molar-refractivity contribution in [3.05, 3.63) is 29.8 Å². The fourth-order valence-corrected chi connectivity index (χ4v) is 2.84. The van der Waals surface area contributed by atoms with Crippen LogP contribution in [-0.2, 0) is 0 Å². The maximum absolute atomic E-state index is 6.09. The Morgan fingerprint density at radius 3 is 2.36 bits per heavy atom. The third-order valence-corrected chi connectivity index (χ3v) is 4.20. The predicted octanol–water partition coefficient (Wildman–Crippen LogP) is 2.86. The highest BCUT2D eigenvalue weighted by Crippen LogP contribution is 2.58. The van der Waals surface area contributed by atoms with Crippen molar-refractivity contribution in [3.8, 4) is 0 Å². The molecule has 1 nitrogen and oxygen atoms in total. The zero-order valence-corrected chi connectivity index (χ0v) is 9.77. The normalized spacial score (nSPS) is 28.9. The number of hydrogen-bond donors (Lipinski definition) is 1. The fourth-order valence-electron chi connectivity index (χ4n) is 2.20. The monoisotopic (exact) mass is 207 g/mol. The van der Waals surface area contributed by atoms with E-state index >= 15 is 0 Å². The Kier molecular flexibility index (Phi) is 2.36. The molecule has 2 rings (SSSR count). The molecule has 1 aromatic rings. The fraction of sp³-hybridized carbons (Fsp3) is 0.500. The highest BCUT2D eigenvalue weighted by atomic mass is 32.2. The Hall–Kier alpha value is -0.470. The van der Waals surface area contributed by atoms with E-state index in [1.165, 1.54) is 10.5 Å². The number of nitrogens with two attached hydrogens (primary N) is 1. The van der Waals surface area contributed by atoms with Crippen molar-refractivity contribution in [2.24, 2.45) is 11.1 Å². The molecule has 0 amide bonds. The topological polar surface area (TPSA) is 26.0 Å². The Labute approximate surface area is 90.1 Å². The van der Waals surface area contributed by atoms with Gasteiger partial charge in [0.1, 0.15) is 0 Å². The third-order valence-electron chi connectivity index (χ3n) is 3.38. The molecule has 0 aliphatic heterocycles. The van der Waals surface area contributed by atoms with Crippen LogP contribution in [0.15, 0.2) is 29.2 Å². The van der Waals surface area contributed by atoms with E-state index in [-0.39, 0.29) is 5.41 Å². The van der Waals surface area contributed by atoms with Crippen molar-refractivity contribution in [3.63, 3.8) is 0 Å². The first-order valence-corrected chi connectivity index (χ1v) is 6.20. The summed E-state index contributed by atoms with van der Waals surface area (Å²) in [4.78, 5) is 1.37. The van der Waals surface area contributed by atoms with Gasteiger partial charge in [0, 0.05) is 16.9 Å². The second-order valence-electron chi connectivity index (χ2n) is 4.57. The van der Waals surface area contributed by atoms with Gasteiger partial charge in [-0.2, -0.15) is 0 Å². The van der Waals surface area contributed by atoms with E-state index in [0.29, 0.717) is 12.0 Å². The predicted molar refractivity (Wildman–Crippen MR) is 62.7 cm³/mol. The van der Waals surface area contributed by atoms with Crippen molar-refractivity contribution in [2.45, 2.75) is 30.7 Å². The number of hydrogen-bond acceptors (Lipinski definition) is 2. The molecule has 2 N–H and O–H groups in total. The molecule has 2 heteroatoms. The summed E-state index contributed by atoms with van der Waals surface area (Å²) in [6.45, 7) is 4.50. The Morgan fingerprint density at radius 1 is 1.29 bits per heavy atom. The van der Waals surface area contributed by atoms with Crippen LogP contribution in [0.5, 0.6) is 0 Å². The highest BCUT2D eigenvalue weighted by Gasteiger charge is 2.56. The van der Waals surface area contributed by atoms with E-state index < -0.39 is 0 Å².